The van der Waals surface area contributed by atoms with Gasteiger partial charge in [0.15, 0.2) is 5.65 Å². The fraction of sp³-hybridized carbons (Fsp3) is 0.200. The molecular formula is C15H7F9N4. The van der Waals surface area contributed by atoms with Crippen molar-refractivity contribution < 1.29 is 39.5 Å². The summed E-state index contributed by atoms with van der Waals surface area (Å²) in [6.45, 7) is 0. The van der Waals surface area contributed by atoms with Gasteiger partial charge in [-0.2, -0.15) is 39.5 Å². The van der Waals surface area contributed by atoms with Crippen molar-refractivity contribution in [1.29, 1.82) is 0 Å². The lowest BCUT2D eigenvalue weighted by Crippen LogP contribution is -2.13. The Bertz CT molecular complexity index is 1030. The predicted octanol–water partition coefficient (Wildman–Crippen LogP) is 5.06. The van der Waals surface area contributed by atoms with Crippen LogP contribution >= 0.6 is 0 Å². The van der Waals surface area contributed by atoms with Gasteiger partial charge in [-0.05, 0) is 30.3 Å². The molecule has 0 spiro atoms. The van der Waals surface area contributed by atoms with Gasteiger partial charge in [0.1, 0.15) is 11.5 Å². The van der Waals surface area contributed by atoms with E-state index in [0.29, 0.717) is 16.8 Å². The molecule has 1 aromatic carbocycles. The highest BCUT2D eigenvalue weighted by Crippen LogP contribution is 2.41. The summed E-state index contributed by atoms with van der Waals surface area (Å²) in [6.07, 6.45) is -15.0. The van der Waals surface area contributed by atoms with Crippen molar-refractivity contribution >= 4 is 16.9 Å². The largest absolute Gasteiger partial charge is 0.433 e. The smallest absolute Gasteiger partial charge is 0.383 e. The molecule has 150 valence electrons. The van der Waals surface area contributed by atoms with Crippen molar-refractivity contribution in [2.75, 3.05) is 5.73 Å². The second-order valence-electron chi connectivity index (χ2n) is 5.59. The Morgan fingerprint density at radius 1 is 0.786 bits per heavy atom. The SMILES string of the molecule is Nc1c2c(C(F)(F)F)cc(C(F)(F)F)nc2nn1-c1ccc(C(F)(F)F)cc1. The summed E-state index contributed by atoms with van der Waals surface area (Å²) in [4.78, 5) is 3.07. The summed E-state index contributed by atoms with van der Waals surface area (Å²) in [5.41, 5.74) is -0.105. The molecule has 2 heterocycles. The minimum absolute atomic E-state index is 0.190. The molecule has 0 bridgehead atoms. The van der Waals surface area contributed by atoms with E-state index in [0.717, 1.165) is 12.1 Å². The molecule has 2 N–H and O–H groups in total. The molecule has 3 rings (SSSR count). The number of nitrogen functional groups attached to an aromatic ring is 1. The van der Waals surface area contributed by atoms with Crippen LogP contribution in [0.5, 0.6) is 0 Å². The number of alkyl halides is 9. The predicted molar refractivity (Wildman–Crippen MR) is 78.3 cm³/mol. The quantitative estimate of drug-likeness (QED) is 0.567. The summed E-state index contributed by atoms with van der Waals surface area (Å²) in [6, 6.07) is 2.78. The third-order valence-corrected chi connectivity index (χ3v) is 3.71. The normalized spacial score (nSPS) is 13.3. The maximum absolute atomic E-state index is 13.2. The highest BCUT2D eigenvalue weighted by molar-refractivity contribution is 5.91. The summed E-state index contributed by atoms with van der Waals surface area (Å²) in [7, 11) is 0. The van der Waals surface area contributed by atoms with Crippen LogP contribution in [0.15, 0.2) is 30.3 Å². The van der Waals surface area contributed by atoms with E-state index in [-0.39, 0.29) is 11.8 Å². The fourth-order valence-corrected chi connectivity index (χ4v) is 2.47. The number of halogens is 9. The Hall–Kier alpha value is -2.99. The van der Waals surface area contributed by atoms with Gasteiger partial charge in [0.2, 0.25) is 0 Å². The molecule has 3 aromatic rings. The summed E-state index contributed by atoms with van der Waals surface area (Å²) in [5.74, 6) is -0.719. The van der Waals surface area contributed by atoms with Crippen LogP contribution in [-0.4, -0.2) is 14.8 Å². The topological polar surface area (TPSA) is 56.7 Å². The summed E-state index contributed by atoms with van der Waals surface area (Å²) >= 11 is 0. The monoisotopic (exact) mass is 414 g/mol. The maximum Gasteiger partial charge on any atom is 0.433 e. The van der Waals surface area contributed by atoms with E-state index in [2.05, 4.69) is 10.1 Å². The van der Waals surface area contributed by atoms with Crippen molar-refractivity contribution in [2.24, 2.45) is 0 Å². The molecule has 13 heteroatoms. The number of nitrogens with two attached hydrogens (primary N) is 1. The van der Waals surface area contributed by atoms with Crippen molar-refractivity contribution in [2.45, 2.75) is 18.5 Å². The van der Waals surface area contributed by atoms with E-state index in [4.69, 9.17) is 5.73 Å². The van der Waals surface area contributed by atoms with Crippen LogP contribution in [0.3, 0.4) is 0 Å². The Labute approximate surface area is 149 Å². The van der Waals surface area contributed by atoms with E-state index in [1.54, 1.807) is 0 Å². The lowest BCUT2D eigenvalue weighted by atomic mass is 10.1. The molecule has 0 saturated carbocycles. The Morgan fingerprint density at radius 2 is 1.36 bits per heavy atom. The number of rotatable bonds is 1. The lowest BCUT2D eigenvalue weighted by molar-refractivity contribution is -0.144. The summed E-state index contributed by atoms with van der Waals surface area (Å²) in [5, 5.41) is 2.63. The number of fused-ring (bicyclic) bond motifs is 1. The Balaban J connectivity index is 2.25. The van der Waals surface area contributed by atoms with E-state index in [9.17, 15) is 39.5 Å². The zero-order valence-corrected chi connectivity index (χ0v) is 13.2. The minimum Gasteiger partial charge on any atom is -0.383 e. The molecule has 4 nitrogen and oxygen atoms in total. The number of hydrogen-bond acceptors (Lipinski definition) is 3. The van der Waals surface area contributed by atoms with Gasteiger partial charge in [0.05, 0.1) is 22.2 Å². The van der Waals surface area contributed by atoms with Gasteiger partial charge < -0.3 is 5.73 Å². The first kappa shape index (κ1) is 19.8. The molecule has 0 saturated heterocycles. The minimum atomic E-state index is -5.21. The van der Waals surface area contributed by atoms with Crippen LogP contribution in [0, 0.1) is 0 Å². The van der Waals surface area contributed by atoms with Crippen LogP contribution in [-0.2, 0) is 18.5 Å². The zero-order valence-electron chi connectivity index (χ0n) is 13.2. The zero-order chi connectivity index (χ0) is 21.1. The standard InChI is InChI=1S/C15H7F9N4/c16-13(17,18)6-1-3-7(4-2-6)28-11(25)10-8(14(19,20)21)5-9(15(22,23)24)26-12(10)27-28/h1-5H,25H2. The second-order valence-corrected chi connectivity index (χ2v) is 5.59. The Kier molecular flexibility index (Phi) is 4.24. The number of aromatic nitrogens is 3. The van der Waals surface area contributed by atoms with Gasteiger partial charge in [-0.1, -0.05) is 0 Å². The van der Waals surface area contributed by atoms with Gasteiger partial charge in [0.25, 0.3) is 0 Å². The van der Waals surface area contributed by atoms with Crippen molar-refractivity contribution in [1.82, 2.24) is 14.8 Å². The lowest BCUT2D eigenvalue weighted by Gasteiger charge is -2.12. The number of hydrogen-bond donors (Lipinski definition) is 1. The van der Waals surface area contributed by atoms with Gasteiger partial charge in [-0.15, -0.1) is 5.10 Å². The van der Waals surface area contributed by atoms with Crippen molar-refractivity contribution in [3.63, 3.8) is 0 Å². The van der Waals surface area contributed by atoms with Crippen molar-refractivity contribution in [3.8, 4) is 5.69 Å². The highest BCUT2D eigenvalue weighted by atomic mass is 19.4. The third kappa shape index (κ3) is 3.43. The molecule has 0 unspecified atom stereocenters. The average Bonchev–Trinajstić information content (AvgIpc) is 2.89. The molecule has 0 aliphatic carbocycles. The molecule has 2 aromatic heterocycles. The summed E-state index contributed by atoms with van der Waals surface area (Å²) < 4.78 is 117. The first-order valence-electron chi connectivity index (χ1n) is 7.21. The van der Waals surface area contributed by atoms with Gasteiger partial charge in [-0.3, -0.25) is 0 Å². The highest BCUT2D eigenvalue weighted by Gasteiger charge is 2.41. The van der Waals surface area contributed by atoms with E-state index in [1.165, 1.54) is 0 Å². The molecule has 0 atom stereocenters. The van der Waals surface area contributed by atoms with Crippen LogP contribution in [0.25, 0.3) is 16.7 Å². The number of anilines is 1. The Morgan fingerprint density at radius 3 is 1.82 bits per heavy atom. The number of benzene rings is 1. The van der Waals surface area contributed by atoms with E-state index >= 15 is 0 Å². The van der Waals surface area contributed by atoms with Crippen LogP contribution in [0.2, 0.25) is 0 Å². The number of nitrogens with zero attached hydrogens (tertiary/aromatic N) is 3. The molecule has 0 aliphatic rings. The van der Waals surface area contributed by atoms with Crippen LogP contribution < -0.4 is 5.73 Å². The van der Waals surface area contributed by atoms with Crippen LogP contribution in [0.4, 0.5) is 45.3 Å². The average molecular weight is 414 g/mol. The van der Waals surface area contributed by atoms with Crippen molar-refractivity contribution in [3.05, 3.63) is 47.2 Å². The first-order valence-corrected chi connectivity index (χ1v) is 7.21. The molecule has 0 amide bonds. The maximum atomic E-state index is 13.2. The molecule has 28 heavy (non-hydrogen) atoms. The van der Waals surface area contributed by atoms with E-state index in [1.807, 2.05) is 0 Å². The third-order valence-electron chi connectivity index (χ3n) is 3.71. The fourth-order valence-electron chi connectivity index (χ4n) is 2.47. The number of pyridine rings is 1. The first-order chi connectivity index (χ1) is 12.7. The van der Waals surface area contributed by atoms with Gasteiger partial charge >= 0.3 is 18.5 Å². The van der Waals surface area contributed by atoms with Gasteiger partial charge in [-0.25, -0.2) is 9.67 Å². The molecular weight excluding hydrogens is 407 g/mol. The van der Waals surface area contributed by atoms with Crippen LogP contribution in [0.1, 0.15) is 16.8 Å². The molecule has 0 aliphatic heterocycles. The second kappa shape index (κ2) is 6.01. The molecule has 0 radical (unpaired) electrons. The van der Waals surface area contributed by atoms with Gasteiger partial charge in [0, 0.05) is 0 Å². The molecule has 0 fully saturated rings. The van der Waals surface area contributed by atoms with E-state index < -0.39 is 52.2 Å².